The van der Waals surface area contributed by atoms with Gasteiger partial charge in [0.05, 0.1) is 13.2 Å². The molecule has 0 aliphatic carbocycles. The minimum Gasteiger partial charge on any atom is -0.395 e. The van der Waals surface area contributed by atoms with Crippen LogP contribution in [0, 0.1) is 5.92 Å². The van der Waals surface area contributed by atoms with E-state index in [9.17, 15) is 5.11 Å². The van der Waals surface area contributed by atoms with Crippen LogP contribution in [0.4, 0.5) is 0 Å². The summed E-state index contributed by atoms with van der Waals surface area (Å²) in [6, 6.07) is 0.154. The highest BCUT2D eigenvalue weighted by atomic mass is 16.3. The first-order chi connectivity index (χ1) is 8.70. The third kappa shape index (κ3) is 3.29. The Labute approximate surface area is 109 Å². The van der Waals surface area contributed by atoms with E-state index in [-0.39, 0.29) is 12.6 Å². The Kier molecular flexibility index (Phi) is 4.72. The summed E-state index contributed by atoms with van der Waals surface area (Å²) in [4.78, 5) is 0. The molecule has 0 bridgehead atoms. The van der Waals surface area contributed by atoms with Crippen molar-refractivity contribution in [1.82, 2.24) is 20.1 Å². The Bertz CT molecular complexity index is 375. The lowest BCUT2D eigenvalue weighted by Gasteiger charge is -2.19. The maximum atomic E-state index is 9.34. The van der Waals surface area contributed by atoms with Crippen LogP contribution in [-0.4, -0.2) is 32.5 Å². The molecule has 18 heavy (non-hydrogen) atoms. The third-order valence-electron chi connectivity index (χ3n) is 3.46. The quantitative estimate of drug-likeness (QED) is 0.796. The Hall–Kier alpha value is -0.940. The molecule has 0 saturated carbocycles. The molecule has 102 valence electrons. The van der Waals surface area contributed by atoms with Gasteiger partial charge in [-0.15, -0.1) is 10.2 Å². The summed E-state index contributed by atoms with van der Waals surface area (Å²) in [5.41, 5.74) is 0. The number of rotatable bonds is 6. The zero-order valence-corrected chi connectivity index (χ0v) is 11.4. The van der Waals surface area contributed by atoms with E-state index < -0.39 is 0 Å². The SMILES string of the molecule is CC(C)CC(CO)NCc1nnc2n1CCCC2. The Morgan fingerprint density at radius 3 is 2.89 bits per heavy atom. The maximum Gasteiger partial charge on any atom is 0.147 e. The number of hydrogen-bond acceptors (Lipinski definition) is 4. The molecule has 1 atom stereocenters. The molecule has 1 aliphatic heterocycles. The molecule has 2 N–H and O–H groups in total. The molecule has 0 radical (unpaired) electrons. The highest BCUT2D eigenvalue weighted by molar-refractivity contribution is 4.98. The number of aromatic nitrogens is 3. The van der Waals surface area contributed by atoms with Crippen molar-refractivity contribution in [3.8, 4) is 0 Å². The van der Waals surface area contributed by atoms with Gasteiger partial charge >= 0.3 is 0 Å². The van der Waals surface area contributed by atoms with E-state index in [2.05, 4.69) is 33.9 Å². The predicted molar refractivity (Wildman–Crippen MR) is 70.1 cm³/mol. The fraction of sp³-hybridized carbons (Fsp3) is 0.846. The second kappa shape index (κ2) is 6.29. The van der Waals surface area contributed by atoms with Gasteiger partial charge in [0.25, 0.3) is 0 Å². The molecular weight excluding hydrogens is 228 g/mol. The number of nitrogens with one attached hydrogen (secondary N) is 1. The van der Waals surface area contributed by atoms with Gasteiger partial charge in [-0.05, 0) is 25.2 Å². The summed E-state index contributed by atoms with van der Waals surface area (Å²) in [6.45, 7) is 6.25. The molecule has 5 nitrogen and oxygen atoms in total. The van der Waals surface area contributed by atoms with Crippen molar-refractivity contribution in [1.29, 1.82) is 0 Å². The molecule has 1 aromatic rings. The summed E-state index contributed by atoms with van der Waals surface area (Å²) in [7, 11) is 0. The van der Waals surface area contributed by atoms with Gasteiger partial charge in [-0.25, -0.2) is 0 Å². The van der Waals surface area contributed by atoms with Gasteiger partial charge in [-0.2, -0.15) is 0 Å². The van der Waals surface area contributed by atoms with Crippen molar-refractivity contribution in [3.63, 3.8) is 0 Å². The maximum absolute atomic E-state index is 9.34. The first kappa shape index (κ1) is 13.5. The molecular formula is C13H24N4O. The first-order valence-corrected chi connectivity index (χ1v) is 6.96. The lowest BCUT2D eigenvalue weighted by molar-refractivity contribution is 0.222. The summed E-state index contributed by atoms with van der Waals surface area (Å²) < 4.78 is 2.22. The van der Waals surface area contributed by atoms with Crippen LogP contribution in [-0.2, 0) is 19.5 Å². The Morgan fingerprint density at radius 1 is 1.33 bits per heavy atom. The minimum absolute atomic E-state index is 0.154. The fourth-order valence-electron chi connectivity index (χ4n) is 2.53. The van der Waals surface area contributed by atoms with Crippen LogP contribution >= 0.6 is 0 Å². The smallest absolute Gasteiger partial charge is 0.147 e. The van der Waals surface area contributed by atoms with Crippen molar-refractivity contribution in [3.05, 3.63) is 11.6 Å². The van der Waals surface area contributed by atoms with Crippen LogP contribution in [0.15, 0.2) is 0 Å². The summed E-state index contributed by atoms with van der Waals surface area (Å²) in [5, 5.41) is 21.2. The zero-order chi connectivity index (χ0) is 13.0. The van der Waals surface area contributed by atoms with Gasteiger partial charge in [0.1, 0.15) is 11.6 Å². The summed E-state index contributed by atoms with van der Waals surface area (Å²) >= 11 is 0. The topological polar surface area (TPSA) is 63.0 Å². The van der Waals surface area contributed by atoms with Gasteiger partial charge in [-0.3, -0.25) is 0 Å². The highest BCUT2D eigenvalue weighted by Crippen LogP contribution is 2.14. The number of aliphatic hydroxyl groups is 1. The van der Waals surface area contributed by atoms with Crippen molar-refractivity contribution < 1.29 is 5.11 Å². The molecule has 0 amide bonds. The normalized spacial score (nSPS) is 16.9. The van der Waals surface area contributed by atoms with Crippen LogP contribution in [0.2, 0.25) is 0 Å². The number of hydrogen-bond donors (Lipinski definition) is 2. The second-order valence-electron chi connectivity index (χ2n) is 5.53. The third-order valence-corrected chi connectivity index (χ3v) is 3.46. The highest BCUT2D eigenvalue weighted by Gasteiger charge is 2.16. The van der Waals surface area contributed by atoms with Crippen LogP contribution in [0.1, 0.15) is 44.8 Å². The largest absolute Gasteiger partial charge is 0.395 e. The molecule has 2 heterocycles. The Balaban J connectivity index is 1.91. The van der Waals surface area contributed by atoms with E-state index in [1.54, 1.807) is 0 Å². The van der Waals surface area contributed by atoms with Crippen LogP contribution in [0.25, 0.3) is 0 Å². The van der Waals surface area contributed by atoms with Crippen molar-refractivity contribution in [2.75, 3.05) is 6.61 Å². The molecule has 1 aliphatic rings. The van der Waals surface area contributed by atoms with E-state index >= 15 is 0 Å². The number of aliphatic hydroxyl groups excluding tert-OH is 1. The Morgan fingerprint density at radius 2 is 2.17 bits per heavy atom. The monoisotopic (exact) mass is 252 g/mol. The molecule has 5 heteroatoms. The molecule has 1 aromatic heterocycles. The number of aryl methyl sites for hydroxylation is 1. The average molecular weight is 252 g/mol. The van der Waals surface area contributed by atoms with Crippen LogP contribution in [0.5, 0.6) is 0 Å². The summed E-state index contributed by atoms with van der Waals surface area (Å²) in [5.74, 6) is 2.70. The standard InChI is InChI=1S/C13H24N4O/c1-10(2)7-11(9-18)14-8-13-16-15-12-5-3-4-6-17(12)13/h10-11,14,18H,3-9H2,1-2H3. The number of nitrogens with zero attached hydrogens (tertiary/aromatic N) is 3. The average Bonchev–Trinajstić information content (AvgIpc) is 2.77. The van der Waals surface area contributed by atoms with Gasteiger partial charge in [-0.1, -0.05) is 13.8 Å². The predicted octanol–water partition coefficient (Wildman–Crippen LogP) is 1.11. The minimum atomic E-state index is 0.154. The van der Waals surface area contributed by atoms with Gasteiger partial charge in [0.15, 0.2) is 0 Å². The molecule has 1 unspecified atom stereocenters. The molecule has 2 rings (SSSR count). The second-order valence-corrected chi connectivity index (χ2v) is 5.53. The van der Waals surface area contributed by atoms with Crippen molar-refractivity contribution in [2.24, 2.45) is 5.92 Å². The molecule has 0 spiro atoms. The lowest BCUT2D eigenvalue weighted by Crippen LogP contribution is -2.34. The van der Waals surface area contributed by atoms with Crippen LogP contribution in [0.3, 0.4) is 0 Å². The van der Waals surface area contributed by atoms with E-state index in [1.807, 2.05) is 0 Å². The van der Waals surface area contributed by atoms with E-state index in [0.29, 0.717) is 12.5 Å². The first-order valence-electron chi connectivity index (χ1n) is 6.96. The number of fused-ring (bicyclic) bond motifs is 1. The molecule has 0 aromatic carbocycles. The fourth-order valence-corrected chi connectivity index (χ4v) is 2.53. The van der Waals surface area contributed by atoms with Crippen molar-refractivity contribution in [2.45, 2.75) is 58.7 Å². The van der Waals surface area contributed by atoms with Gasteiger partial charge < -0.3 is 15.0 Å². The lowest BCUT2D eigenvalue weighted by atomic mass is 10.0. The molecule has 0 saturated heterocycles. The zero-order valence-electron chi connectivity index (χ0n) is 11.4. The van der Waals surface area contributed by atoms with E-state index in [0.717, 1.165) is 31.0 Å². The van der Waals surface area contributed by atoms with E-state index in [4.69, 9.17) is 0 Å². The van der Waals surface area contributed by atoms with Crippen molar-refractivity contribution >= 4 is 0 Å². The van der Waals surface area contributed by atoms with Gasteiger partial charge in [0.2, 0.25) is 0 Å². The molecule has 0 fully saturated rings. The van der Waals surface area contributed by atoms with Gasteiger partial charge in [0, 0.05) is 19.0 Å². The summed E-state index contributed by atoms with van der Waals surface area (Å²) in [6.07, 6.45) is 4.46. The van der Waals surface area contributed by atoms with Crippen LogP contribution < -0.4 is 5.32 Å². The van der Waals surface area contributed by atoms with E-state index in [1.165, 1.54) is 12.8 Å².